The summed E-state index contributed by atoms with van der Waals surface area (Å²) in [6.45, 7) is 0.774. The molecular weight excluding hydrogens is 234 g/mol. The third-order valence-electron chi connectivity index (χ3n) is 2.63. The van der Waals surface area contributed by atoms with Crippen LogP contribution < -0.4 is 5.32 Å². The Morgan fingerprint density at radius 2 is 2.00 bits per heavy atom. The van der Waals surface area contributed by atoms with E-state index in [2.05, 4.69) is 5.32 Å². The van der Waals surface area contributed by atoms with Gasteiger partial charge in [-0.3, -0.25) is 10.1 Å². The standard InChI is InChI=1S/C9H17NO7/c1-3(12)5(9(15)16)10-8-7(14)6(13)4(2-11)17-8/h3-8,10-14H,2H2,1H3,(H,15,16)/t3-,4+,5+,6+,7-,8+/m1/s1. The highest BCUT2D eigenvalue weighted by atomic mass is 16.6. The van der Waals surface area contributed by atoms with Gasteiger partial charge in [0, 0.05) is 0 Å². The second-order valence-corrected chi connectivity index (χ2v) is 3.98. The van der Waals surface area contributed by atoms with Gasteiger partial charge in [0.05, 0.1) is 12.7 Å². The average molecular weight is 251 g/mol. The third kappa shape index (κ3) is 3.12. The Kier molecular flexibility index (Phi) is 4.80. The summed E-state index contributed by atoms with van der Waals surface area (Å²) in [5, 5.41) is 48.2. The Morgan fingerprint density at radius 1 is 1.41 bits per heavy atom. The van der Waals surface area contributed by atoms with Crippen molar-refractivity contribution in [3.63, 3.8) is 0 Å². The van der Waals surface area contributed by atoms with Crippen molar-refractivity contribution in [1.82, 2.24) is 5.32 Å². The molecule has 0 spiro atoms. The quantitative estimate of drug-likeness (QED) is 0.301. The molecule has 6 atom stereocenters. The summed E-state index contributed by atoms with van der Waals surface area (Å²) in [6.07, 6.45) is -6.01. The number of hydrogen-bond donors (Lipinski definition) is 6. The lowest BCUT2D eigenvalue weighted by Gasteiger charge is -2.23. The van der Waals surface area contributed by atoms with Crippen molar-refractivity contribution in [2.45, 2.75) is 43.6 Å². The fourth-order valence-electron chi connectivity index (χ4n) is 1.63. The predicted molar refractivity (Wildman–Crippen MR) is 54.0 cm³/mol. The second kappa shape index (κ2) is 5.71. The molecule has 1 aliphatic rings. The van der Waals surface area contributed by atoms with Crippen LogP contribution in [0, 0.1) is 0 Å². The molecular formula is C9H17NO7. The van der Waals surface area contributed by atoms with E-state index in [1.165, 1.54) is 6.92 Å². The van der Waals surface area contributed by atoms with Crippen molar-refractivity contribution in [3.8, 4) is 0 Å². The van der Waals surface area contributed by atoms with E-state index in [9.17, 15) is 20.1 Å². The van der Waals surface area contributed by atoms with Crippen molar-refractivity contribution in [2.24, 2.45) is 0 Å². The number of aliphatic hydroxyl groups is 4. The Hall–Kier alpha value is -0.770. The molecule has 0 aromatic carbocycles. The van der Waals surface area contributed by atoms with Crippen LogP contribution in [0.1, 0.15) is 6.92 Å². The smallest absolute Gasteiger partial charge is 0.323 e. The molecule has 0 aromatic rings. The van der Waals surface area contributed by atoms with Crippen LogP contribution in [-0.4, -0.2) is 74.8 Å². The summed E-state index contributed by atoms with van der Waals surface area (Å²) in [4.78, 5) is 10.8. The highest BCUT2D eigenvalue weighted by Crippen LogP contribution is 2.20. The van der Waals surface area contributed by atoms with Crippen LogP contribution in [0.3, 0.4) is 0 Å². The van der Waals surface area contributed by atoms with E-state index >= 15 is 0 Å². The summed E-state index contributed by atoms with van der Waals surface area (Å²) in [7, 11) is 0. The number of carbonyl (C=O) groups is 1. The van der Waals surface area contributed by atoms with E-state index in [4.69, 9.17) is 14.9 Å². The average Bonchev–Trinajstić information content (AvgIpc) is 2.52. The molecule has 17 heavy (non-hydrogen) atoms. The Labute approximate surface area is 97.4 Å². The van der Waals surface area contributed by atoms with E-state index in [0.29, 0.717) is 0 Å². The molecule has 8 nitrogen and oxygen atoms in total. The third-order valence-corrected chi connectivity index (χ3v) is 2.63. The minimum Gasteiger partial charge on any atom is -0.480 e. The Balaban J connectivity index is 2.65. The van der Waals surface area contributed by atoms with Gasteiger partial charge < -0.3 is 30.3 Å². The van der Waals surface area contributed by atoms with E-state index < -0.39 is 49.3 Å². The normalized spacial score (nSPS) is 36.8. The molecule has 0 aromatic heterocycles. The molecule has 0 radical (unpaired) electrons. The molecule has 100 valence electrons. The molecule has 1 fully saturated rings. The molecule has 0 aliphatic carbocycles. The van der Waals surface area contributed by atoms with Crippen molar-refractivity contribution >= 4 is 5.97 Å². The van der Waals surface area contributed by atoms with Crippen molar-refractivity contribution < 1.29 is 35.1 Å². The monoisotopic (exact) mass is 251 g/mol. The lowest BCUT2D eigenvalue weighted by molar-refractivity contribution is -0.145. The largest absolute Gasteiger partial charge is 0.480 e. The van der Waals surface area contributed by atoms with Gasteiger partial charge in [-0.25, -0.2) is 0 Å². The fraction of sp³-hybridized carbons (Fsp3) is 0.889. The number of ether oxygens (including phenoxy) is 1. The number of carboxylic acids is 1. The zero-order valence-corrected chi connectivity index (χ0v) is 9.22. The van der Waals surface area contributed by atoms with Crippen molar-refractivity contribution in [2.75, 3.05) is 6.61 Å². The molecule has 0 saturated carbocycles. The van der Waals surface area contributed by atoms with Gasteiger partial charge >= 0.3 is 5.97 Å². The zero-order valence-electron chi connectivity index (χ0n) is 9.22. The highest BCUT2D eigenvalue weighted by molar-refractivity contribution is 5.74. The number of aliphatic hydroxyl groups excluding tert-OH is 4. The Morgan fingerprint density at radius 3 is 2.35 bits per heavy atom. The summed E-state index contributed by atoms with van der Waals surface area (Å²) in [6, 6.07) is -1.33. The lowest BCUT2D eigenvalue weighted by atomic mass is 10.1. The van der Waals surface area contributed by atoms with Crippen LogP contribution in [0.15, 0.2) is 0 Å². The highest BCUT2D eigenvalue weighted by Gasteiger charge is 2.44. The van der Waals surface area contributed by atoms with Gasteiger partial charge in [-0.1, -0.05) is 0 Å². The van der Waals surface area contributed by atoms with Gasteiger partial charge in [0.25, 0.3) is 0 Å². The maximum atomic E-state index is 10.8. The number of carboxylic acid groups (broad SMARTS) is 1. The molecule has 1 aliphatic heterocycles. The molecule has 0 unspecified atom stereocenters. The van der Waals surface area contributed by atoms with Crippen LogP contribution in [0.4, 0.5) is 0 Å². The van der Waals surface area contributed by atoms with Crippen molar-refractivity contribution in [3.05, 3.63) is 0 Å². The first-order valence-electron chi connectivity index (χ1n) is 5.17. The molecule has 1 rings (SSSR count). The number of hydrogen-bond acceptors (Lipinski definition) is 7. The summed E-state index contributed by atoms with van der Waals surface area (Å²) >= 11 is 0. The van der Waals surface area contributed by atoms with Gasteiger partial charge in [-0.15, -0.1) is 0 Å². The first-order chi connectivity index (χ1) is 7.88. The molecule has 8 heteroatoms. The molecule has 0 amide bonds. The minimum atomic E-state index is -1.37. The number of aliphatic carboxylic acids is 1. The van der Waals surface area contributed by atoms with Crippen LogP contribution in [0.25, 0.3) is 0 Å². The van der Waals surface area contributed by atoms with E-state index in [1.807, 2.05) is 0 Å². The van der Waals surface area contributed by atoms with Gasteiger partial charge in [-0.05, 0) is 6.92 Å². The summed E-state index contributed by atoms with van der Waals surface area (Å²) in [5.74, 6) is -1.31. The van der Waals surface area contributed by atoms with E-state index in [1.54, 1.807) is 0 Å². The second-order valence-electron chi connectivity index (χ2n) is 3.98. The van der Waals surface area contributed by atoms with Crippen LogP contribution in [0.5, 0.6) is 0 Å². The fourth-order valence-corrected chi connectivity index (χ4v) is 1.63. The molecule has 1 heterocycles. The summed E-state index contributed by atoms with van der Waals surface area (Å²) < 4.78 is 5.03. The number of nitrogens with one attached hydrogen (secondary N) is 1. The topological polar surface area (TPSA) is 139 Å². The predicted octanol–water partition coefficient (Wildman–Crippen LogP) is -3.15. The van der Waals surface area contributed by atoms with Crippen LogP contribution >= 0.6 is 0 Å². The SMILES string of the molecule is C[C@@H](O)[C@H](N[C@H]1O[C@@H](CO)[C@H](O)[C@H]1O)C(=O)O. The first kappa shape index (κ1) is 14.3. The van der Waals surface area contributed by atoms with Crippen LogP contribution in [-0.2, 0) is 9.53 Å². The van der Waals surface area contributed by atoms with E-state index in [0.717, 1.165) is 0 Å². The zero-order chi connectivity index (χ0) is 13.2. The first-order valence-corrected chi connectivity index (χ1v) is 5.17. The Bertz CT molecular complexity index is 272. The maximum Gasteiger partial charge on any atom is 0.323 e. The lowest BCUT2D eigenvalue weighted by Crippen LogP contribution is -2.53. The number of rotatable bonds is 5. The van der Waals surface area contributed by atoms with Gasteiger partial charge in [-0.2, -0.15) is 0 Å². The molecule has 6 N–H and O–H groups in total. The van der Waals surface area contributed by atoms with Gasteiger partial charge in [0.15, 0.2) is 0 Å². The summed E-state index contributed by atoms with van der Waals surface area (Å²) in [5.41, 5.74) is 0. The maximum absolute atomic E-state index is 10.8. The molecule has 1 saturated heterocycles. The van der Waals surface area contributed by atoms with Gasteiger partial charge in [0.1, 0.15) is 30.6 Å². The van der Waals surface area contributed by atoms with Crippen LogP contribution in [0.2, 0.25) is 0 Å². The minimum absolute atomic E-state index is 0.497. The van der Waals surface area contributed by atoms with Gasteiger partial charge in [0.2, 0.25) is 0 Å². The molecule has 0 bridgehead atoms. The van der Waals surface area contributed by atoms with E-state index in [-0.39, 0.29) is 0 Å². The van der Waals surface area contributed by atoms with Crippen molar-refractivity contribution in [1.29, 1.82) is 0 Å².